The van der Waals surface area contributed by atoms with Crippen LogP contribution >= 0.6 is 0 Å². The first-order valence-corrected chi connectivity index (χ1v) is 6.48. The summed E-state index contributed by atoms with van der Waals surface area (Å²) in [7, 11) is 0. The molecular formula is C14H8FN5O4. The highest BCUT2D eigenvalue weighted by atomic mass is 19.1. The van der Waals surface area contributed by atoms with Crippen LogP contribution in [0.5, 0.6) is 11.5 Å². The van der Waals surface area contributed by atoms with Crippen LogP contribution in [-0.2, 0) is 0 Å². The molecule has 0 bridgehead atoms. The van der Waals surface area contributed by atoms with E-state index in [1.165, 1.54) is 18.5 Å². The van der Waals surface area contributed by atoms with E-state index in [0.717, 1.165) is 18.2 Å². The first-order chi connectivity index (χ1) is 11.5. The third-order valence-electron chi connectivity index (χ3n) is 3.11. The quantitative estimate of drug-likeness (QED) is 0.322. The van der Waals surface area contributed by atoms with Gasteiger partial charge in [-0.05, 0) is 12.1 Å². The number of pyridine rings is 1. The van der Waals surface area contributed by atoms with Crippen molar-refractivity contribution in [2.75, 3.05) is 0 Å². The van der Waals surface area contributed by atoms with Gasteiger partial charge in [0, 0.05) is 29.5 Å². The molecule has 120 valence electrons. The minimum absolute atomic E-state index is 0.0732. The van der Waals surface area contributed by atoms with Gasteiger partial charge >= 0.3 is 5.69 Å². The number of halogens is 1. The summed E-state index contributed by atoms with van der Waals surface area (Å²) in [5.74, 6) is -2.17. The van der Waals surface area contributed by atoms with Crippen molar-refractivity contribution < 1.29 is 19.5 Å². The van der Waals surface area contributed by atoms with E-state index >= 15 is 0 Å². The van der Waals surface area contributed by atoms with Gasteiger partial charge in [-0.1, -0.05) is 0 Å². The maximum absolute atomic E-state index is 13.2. The molecule has 24 heavy (non-hydrogen) atoms. The first-order valence-electron chi connectivity index (χ1n) is 6.48. The minimum atomic E-state index is -0.845. The summed E-state index contributed by atoms with van der Waals surface area (Å²) >= 11 is 0. The average Bonchev–Trinajstić information content (AvgIpc) is 2.57. The van der Waals surface area contributed by atoms with Gasteiger partial charge in [-0.25, -0.2) is 9.97 Å². The monoisotopic (exact) mass is 329 g/mol. The molecule has 3 rings (SSSR count). The van der Waals surface area contributed by atoms with Gasteiger partial charge in [0.25, 0.3) is 0 Å². The van der Waals surface area contributed by atoms with Gasteiger partial charge in [-0.2, -0.15) is 9.49 Å². The lowest BCUT2D eigenvalue weighted by atomic mass is 10.1. The van der Waals surface area contributed by atoms with Gasteiger partial charge in [-0.3, -0.25) is 10.1 Å². The number of phenolic OH excluding ortho intramolecular Hbond substituents is 2. The fourth-order valence-electron chi connectivity index (χ4n) is 2.00. The molecule has 0 fully saturated rings. The zero-order chi connectivity index (χ0) is 17.3. The van der Waals surface area contributed by atoms with Gasteiger partial charge in [0.15, 0.2) is 11.6 Å². The summed E-state index contributed by atoms with van der Waals surface area (Å²) in [6.07, 6.45) is 2.45. The van der Waals surface area contributed by atoms with E-state index in [1.807, 2.05) is 0 Å². The summed E-state index contributed by atoms with van der Waals surface area (Å²) in [5.41, 5.74) is -0.0761. The number of phenols is 2. The summed E-state index contributed by atoms with van der Waals surface area (Å²) in [5, 5.41) is 37.6. The smallest absolute Gasteiger partial charge is 0.315 e. The Morgan fingerprint density at radius 3 is 2.67 bits per heavy atom. The molecule has 0 saturated carbocycles. The molecule has 0 aliphatic carbocycles. The number of nitro groups is 1. The Morgan fingerprint density at radius 2 is 1.96 bits per heavy atom. The minimum Gasteiger partial charge on any atom is -0.504 e. The van der Waals surface area contributed by atoms with Crippen LogP contribution in [0, 0.1) is 16.1 Å². The van der Waals surface area contributed by atoms with E-state index in [0.29, 0.717) is 5.56 Å². The lowest BCUT2D eigenvalue weighted by molar-refractivity contribution is -0.385. The topological polar surface area (TPSA) is 135 Å². The van der Waals surface area contributed by atoms with E-state index in [9.17, 15) is 24.7 Å². The van der Waals surface area contributed by atoms with Crippen molar-refractivity contribution >= 4 is 5.69 Å². The van der Waals surface area contributed by atoms with Crippen molar-refractivity contribution in [1.82, 2.24) is 20.2 Å². The summed E-state index contributed by atoms with van der Waals surface area (Å²) in [6, 6.07) is 4.72. The van der Waals surface area contributed by atoms with Gasteiger partial charge < -0.3 is 10.2 Å². The second-order valence-electron chi connectivity index (χ2n) is 4.65. The molecule has 2 N–H and O–H groups in total. The van der Waals surface area contributed by atoms with Crippen LogP contribution in [0.15, 0.2) is 36.7 Å². The Hall–Kier alpha value is -3.69. The Bertz CT molecular complexity index is 950. The second kappa shape index (κ2) is 5.83. The van der Waals surface area contributed by atoms with Gasteiger partial charge in [0.1, 0.15) is 0 Å². The number of rotatable bonds is 3. The van der Waals surface area contributed by atoms with Crippen molar-refractivity contribution in [2.24, 2.45) is 0 Å². The van der Waals surface area contributed by atoms with Crippen LogP contribution in [0.1, 0.15) is 0 Å². The lowest BCUT2D eigenvalue weighted by Gasteiger charge is -2.05. The standard InChI is InChI=1S/C14H8FN5O4/c15-12-5-7(1-2-16-12)14-18-9(6-17-19-14)8-3-10(20(23)24)13(22)11(21)4-8/h1-6,21-22H. The molecule has 1 aromatic carbocycles. The normalized spacial score (nSPS) is 10.5. The molecule has 0 saturated heterocycles. The van der Waals surface area contributed by atoms with E-state index in [-0.39, 0.29) is 17.1 Å². The van der Waals surface area contributed by atoms with Gasteiger partial charge in [0.2, 0.25) is 11.7 Å². The Balaban J connectivity index is 2.11. The van der Waals surface area contributed by atoms with Crippen LogP contribution in [-0.4, -0.2) is 35.3 Å². The second-order valence-corrected chi connectivity index (χ2v) is 4.65. The predicted octanol–water partition coefficient (Wildman–Crippen LogP) is 2.06. The maximum atomic E-state index is 13.2. The van der Waals surface area contributed by atoms with Gasteiger partial charge in [-0.15, -0.1) is 5.10 Å². The van der Waals surface area contributed by atoms with Crippen LogP contribution in [0.2, 0.25) is 0 Å². The van der Waals surface area contributed by atoms with Crippen LogP contribution in [0.4, 0.5) is 10.1 Å². The van der Waals surface area contributed by atoms with E-state index in [1.54, 1.807) is 0 Å². The number of hydrogen-bond acceptors (Lipinski definition) is 8. The van der Waals surface area contributed by atoms with Crippen molar-refractivity contribution in [3.63, 3.8) is 0 Å². The number of hydrogen-bond donors (Lipinski definition) is 2. The maximum Gasteiger partial charge on any atom is 0.315 e. The molecule has 2 aromatic heterocycles. The Kier molecular flexibility index (Phi) is 3.70. The molecule has 0 atom stereocenters. The Labute approximate surface area is 133 Å². The number of benzene rings is 1. The van der Waals surface area contributed by atoms with Crippen molar-refractivity contribution in [3.8, 4) is 34.1 Å². The third kappa shape index (κ3) is 2.79. The van der Waals surface area contributed by atoms with E-state index < -0.39 is 28.1 Å². The summed E-state index contributed by atoms with van der Waals surface area (Å²) in [4.78, 5) is 17.6. The molecule has 9 nitrogen and oxygen atoms in total. The summed E-state index contributed by atoms with van der Waals surface area (Å²) in [6.45, 7) is 0. The Morgan fingerprint density at radius 1 is 1.17 bits per heavy atom. The fourth-order valence-corrected chi connectivity index (χ4v) is 2.00. The van der Waals surface area contributed by atoms with Crippen molar-refractivity contribution in [1.29, 1.82) is 0 Å². The first kappa shape index (κ1) is 15.2. The van der Waals surface area contributed by atoms with E-state index in [2.05, 4.69) is 20.2 Å². The third-order valence-corrected chi connectivity index (χ3v) is 3.11. The summed E-state index contributed by atoms with van der Waals surface area (Å²) < 4.78 is 13.2. The molecule has 0 unspecified atom stereocenters. The SMILES string of the molecule is O=[N+]([O-])c1cc(-c2cnnc(-c3ccnc(F)c3)n2)cc(O)c1O. The van der Waals surface area contributed by atoms with Crippen molar-refractivity contribution in [2.45, 2.75) is 0 Å². The van der Waals surface area contributed by atoms with Crippen LogP contribution < -0.4 is 0 Å². The molecule has 0 aliphatic heterocycles. The molecule has 2 heterocycles. The van der Waals surface area contributed by atoms with Crippen molar-refractivity contribution in [3.05, 3.63) is 52.7 Å². The number of nitro benzene ring substituents is 1. The van der Waals surface area contributed by atoms with E-state index in [4.69, 9.17) is 0 Å². The largest absolute Gasteiger partial charge is 0.504 e. The number of aromatic hydroxyl groups is 2. The zero-order valence-corrected chi connectivity index (χ0v) is 11.8. The average molecular weight is 329 g/mol. The highest BCUT2D eigenvalue weighted by Crippen LogP contribution is 2.38. The van der Waals surface area contributed by atoms with Crippen LogP contribution in [0.25, 0.3) is 22.6 Å². The lowest BCUT2D eigenvalue weighted by Crippen LogP contribution is -1.97. The zero-order valence-electron chi connectivity index (χ0n) is 11.8. The molecule has 0 spiro atoms. The predicted molar refractivity (Wildman–Crippen MR) is 78.4 cm³/mol. The number of nitrogens with zero attached hydrogens (tertiary/aromatic N) is 5. The molecule has 0 radical (unpaired) electrons. The molecule has 10 heteroatoms. The molecule has 0 aliphatic rings. The molecular weight excluding hydrogens is 321 g/mol. The number of aromatic nitrogens is 4. The van der Waals surface area contributed by atoms with Gasteiger partial charge in [0.05, 0.1) is 16.8 Å². The fraction of sp³-hybridized carbons (Fsp3) is 0. The highest BCUT2D eigenvalue weighted by Gasteiger charge is 2.20. The highest BCUT2D eigenvalue weighted by molar-refractivity contribution is 5.70. The molecule has 3 aromatic rings. The van der Waals surface area contributed by atoms with Crippen LogP contribution in [0.3, 0.4) is 0 Å². The molecule has 0 amide bonds.